The van der Waals surface area contributed by atoms with Gasteiger partial charge in [-0.05, 0) is 12.1 Å². The number of nitrogens with one attached hydrogen (secondary N) is 1. The Hall–Kier alpha value is -0.600. The molecule has 1 saturated heterocycles. The highest BCUT2D eigenvalue weighted by Gasteiger charge is 2.44. The third-order valence-electron chi connectivity index (χ3n) is 4.38. The van der Waals surface area contributed by atoms with Gasteiger partial charge in [0.1, 0.15) is 5.82 Å². The number of benzene rings is 1. The van der Waals surface area contributed by atoms with E-state index in [1.165, 1.54) is 0 Å². The van der Waals surface area contributed by atoms with Crippen molar-refractivity contribution in [2.75, 3.05) is 32.8 Å². The third-order valence-corrected chi connectivity index (χ3v) is 4.67. The summed E-state index contributed by atoms with van der Waals surface area (Å²) in [5, 5.41) is 12.5. The second kappa shape index (κ2) is 8.39. The average Bonchev–Trinajstić information content (AvgIpc) is 2.51. The predicted octanol–water partition coefficient (Wildman–Crippen LogP) is 3.88. The highest BCUT2D eigenvalue weighted by atomic mass is 35.5. The van der Waals surface area contributed by atoms with Crippen molar-refractivity contribution in [3.63, 3.8) is 0 Å². The molecule has 0 saturated carbocycles. The molecular formula is C16H22Cl2F4N2O. The molecular weight excluding hydrogens is 383 g/mol. The minimum Gasteiger partial charge on any atom is -0.396 e. The van der Waals surface area contributed by atoms with Gasteiger partial charge < -0.3 is 10.4 Å². The monoisotopic (exact) mass is 404 g/mol. The summed E-state index contributed by atoms with van der Waals surface area (Å²) in [7, 11) is 0. The topological polar surface area (TPSA) is 35.5 Å². The second-order valence-corrected chi connectivity index (χ2v) is 7.06. The zero-order chi connectivity index (χ0) is 18.1. The first-order chi connectivity index (χ1) is 11.1. The van der Waals surface area contributed by atoms with Crippen LogP contribution in [0, 0.1) is 11.2 Å². The first-order valence-corrected chi connectivity index (χ1v) is 8.08. The van der Waals surface area contributed by atoms with Gasteiger partial charge in [-0.25, -0.2) is 4.39 Å². The largest absolute Gasteiger partial charge is 0.416 e. The number of hydrogen-bond donors (Lipinski definition) is 2. The van der Waals surface area contributed by atoms with Gasteiger partial charge in [-0.3, -0.25) is 4.90 Å². The van der Waals surface area contributed by atoms with Crippen molar-refractivity contribution in [3.8, 4) is 0 Å². The Balaban J connectivity index is 0.00000312. The molecule has 0 amide bonds. The summed E-state index contributed by atoms with van der Waals surface area (Å²) in [6, 6.07) is 0.785. The SMILES string of the molecule is CC(C)(CO)[C@H](c1c(C(F)(F)F)ccc(Cl)c1F)N1CCNCC1.Cl. The molecule has 144 valence electrons. The van der Waals surface area contributed by atoms with Crippen LogP contribution >= 0.6 is 24.0 Å². The van der Waals surface area contributed by atoms with Crippen LogP contribution in [-0.4, -0.2) is 42.8 Å². The Morgan fingerprint density at radius 1 is 1.24 bits per heavy atom. The van der Waals surface area contributed by atoms with E-state index in [1.54, 1.807) is 18.7 Å². The smallest absolute Gasteiger partial charge is 0.396 e. The number of aliphatic hydroxyl groups is 1. The maximum Gasteiger partial charge on any atom is 0.416 e. The van der Waals surface area contributed by atoms with Gasteiger partial charge in [0.15, 0.2) is 0 Å². The van der Waals surface area contributed by atoms with Gasteiger partial charge in [0.25, 0.3) is 0 Å². The Morgan fingerprint density at radius 3 is 2.28 bits per heavy atom. The van der Waals surface area contributed by atoms with Crippen LogP contribution in [0.1, 0.15) is 31.0 Å². The van der Waals surface area contributed by atoms with E-state index in [1.807, 2.05) is 0 Å². The Kier molecular flexibility index (Phi) is 7.53. The molecule has 0 aliphatic carbocycles. The molecule has 2 rings (SSSR count). The average molecular weight is 405 g/mol. The normalized spacial score (nSPS) is 17.9. The Bertz CT molecular complexity index is 590. The Labute approximate surface area is 155 Å². The number of alkyl halides is 3. The maximum absolute atomic E-state index is 14.7. The highest BCUT2D eigenvalue weighted by Crippen LogP contribution is 2.46. The van der Waals surface area contributed by atoms with E-state index in [4.69, 9.17) is 11.6 Å². The minimum atomic E-state index is -4.71. The molecule has 25 heavy (non-hydrogen) atoms. The van der Waals surface area contributed by atoms with Crippen LogP contribution in [0.2, 0.25) is 5.02 Å². The fraction of sp³-hybridized carbons (Fsp3) is 0.625. The van der Waals surface area contributed by atoms with Crippen LogP contribution < -0.4 is 5.32 Å². The van der Waals surface area contributed by atoms with Crippen molar-refractivity contribution in [2.24, 2.45) is 5.41 Å². The van der Waals surface area contributed by atoms with Gasteiger partial charge in [0, 0.05) is 49.8 Å². The molecule has 9 heteroatoms. The van der Waals surface area contributed by atoms with Gasteiger partial charge in [-0.2, -0.15) is 13.2 Å². The summed E-state index contributed by atoms with van der Waals surface area (Å²) in [5.74, 6) is -1.07. The fourth-order valence-electron chi connectivity index (χ4n) is 3.18. The lowest BCUT2D eigenvalue weighted by Gasteiger charge is -2.44. The van der Waals surface area contributed by atoms with Gasteiger partial charge in [-0.15, -0.1) is 12.4 Å². The zero-order valence-electron chi connectivity index (χ0n) is 14.0. The lowest BCUT2D eigenvalue weighted by Crippen LogP contribution is -2.50. The zero-order valence-corrected chi connectivity index (χ0v) is 15.5. The molecule has 3 nitrogen and oxygen atoms in total. The number of nitrogens with zero attached hydrogens (tertiary/aromatic N) is 1. The molecule has 0 aromatic heterocycles. The number of hydrogen-bond acceptors (Lipinski definition) is 3. The first-order valence-electron chi connectivity index (χ1n) is 7.70. The summed E-state index contributed by atoms with van der Waals surface area (Å²) >= 11 is 5.78. The molecule has 0 unspecified atom stereocenters. The number of aliphatic hydroxyl groups excluding tert-OH is 1. The summed E-state index contributed by atoms with van der Waals surface area (Å²) in [5.41, 5.74) is -2.52. The van der Waals surface area contributed by atoms with Gasteiger partial charge in [-0.1, -0.05) is 25.4 Å². The van der Waals surface area contributed by atoms with Crippen molar-refractivity contribution >= 4 is 24.0 Å². The summed E-state index contributed by atoms with van der Waals surface area (Å²) in [6.45, 7) is 4.95. The van der Waals surface area contributed by atoms with E-state index in [-0.39, 0.29) is 24.0 Å². The van der Waals surface area contributed by atoms with Crippen molar-refractivity contribution < 1.29 is 22.7 Å². The highest BCUT2D eigenvalue weighted by molar-refractivity contribution is 6.30. The summed E-state index contributed by atoms with van der Waals surface area (Å²) in [6.07, 6.45) is -4.71. The van der Waals surface area contributed by atoms with E-state index in [2.05, 4.69) is 5.32 Å². The van der Waals surface area contributed by atoms with Crippen LogP contribution in [0.4, 0.5) is 17.6 Å². The quantitative estimate of drug-likeness (QED) is 0.747. The number of halogens is 6. The first kappa shape index (κ1) is 22.4. The van der Waals surface area contributed by atoms with Crippen molar-refractivity contribution in [3.05, 3.63) is 34.1 Å². The molecule has 1 fully saturated rings. The lowest BCUT2D eigenvalue weighted by atomic mass is 9.78. The fourth-order valence-corrected chi connectivity index (χ4v) is 3.34. The van der Waals surface area contributed by atoms with Gasteiger partial charge in [0.2, 0.25) is 0 Å². The molecule has 2 N–H and O–H groups in total. The van der Waals surface area contributed by atoms with Crippen LogP contribution in [0.3, 0.4) is 0 Å². The van der Waals surface area contributed by atoms with Crippen molar-refractivity contribution in [2.45, 2.75) is 26.1 Å². The maximum atomic E-state index is 14.7. The van der Waals surface area contributed by atoms with Crippen LogP contribution in [0.25, 0.3) is 0 Å². The van der Waals surface area contributed by atoms with E-state index in [0.717, 1.165) is 12.1 Å². The standard InChI is InChI=1S/C16H21ClF4N2O.ClH/c1-15(2,9-24)14(23-7-5-22-6-8-23)12-10(16(19,20)21)3-4-11(17)13(12)18;/h3-4,14,22,24H,5-9H2,1-2H3;1H/t14-;/m0./s1. The van der Waals surface area contributed by atoms with Crippen molar-refractivity contribution in [1.29, 1.82) is 0 Å². The molecule has 1 aromatic rings. The molecule has 1 aliphatic rings. The molecule has 1 heterocycles. The van der Waals surface area contributed by atoms with Crippen LogP contribution in [0.15, 0.2) is 12.1 Å². The molecule has 1 atom stereocenters. The van der Waals surface area contributed by atoms with E-state index in [0.29, 0.717) is 26.2 Å². The Morgan fingerprint density at radius 2 is 1.80 bits per heavy atom. The van der Waals surface area contributed by atoms with Crippen LogP contribution in [-0.2, 0) is 6.18 Å². The van der Waals surface area contributed by atoms with Crippen LogP contribution in [0.5, 0.6) is 0 Å². The second-order valence-electron chi connectivity index (χ2n) is 6.66. The van der Waals surface area contributed by atoms with E-state index in [9.17, 15) is 22.7 Å². The molecule has 0 spiro atoms. The van der Waals surface area contributed by atoms with E-state index >= 15 is 0 Å². The summed E-state index contributed by atoms with van der Waals surface area (Å²) in [4.78, 5) is 1.77. The predicted molar refractivity (Wildman–Crippen MR) is 91.7 cm³/mol. The number of piperazine rings is 1. The van der Waals surface area contributed by atoms with E-state index < -0.39 is 34.6 Å². The van der Waals surface area contributed by atoms with Gasteiger partial charge in [0.05, 0.1) is 10.6 Å². The summed E-state index contributed by atoms with van der Waals surface area (Å²) < 4.78 is 55.1. The lowest BCUT2D eigenvalue weighted by molar-refractivity contribution is -0.139. The third kappa shape index (κ3) is 4.77. The van der Waals surface area contributed by atoms with Gasteiger partial charge >= 0.3 is 6.18 Å². The molecule has 1 aliphatic heterocycles. The van der Waals surface area contributed by atoms with Crippen molar-refractivity contribution in [1.82, 2.24) is 10.2 Å². The molecule has 1 aromatic carbocycles. The number of rotatable bonds is 4. The minimum absolute atomic E-state index is 0. The molecule has 0 radical (unpaired) electrons. The molecule has 0 bridgehead atoms.